The second kappa shape index (κ2) is 6.19. The van der Waals surface area contributed by atoms with E-state index in [1.54, 1.807) is 13.8 Å². The highest BCUT2D eigenvalue weighted by molar-refractivity contribution is 5.58. The minimum atomic E-state index is -0.753. The topological polar surface area (TPSA) is 61.3 Å². The highest BCUT2D eigenvalue weighted by Crippen LogP contribution is 2.24. The molecule has 0 atom stereocenters. The van der Waals surface area contributed by atoms with Gasteiger partial charge in [0.15, 0.2) is 0 Å². The molecular formula is C14H26N4O. The van der Waals surface area contributed by atoms with E-state index in [1.165, 1.54) is 0 Å². The molecule has 0 aliphatic heterocycles. The van der Waals surface area contributed by atoms with E-state index in [0.29, 0.717) is 6.54 Å². The molecule has 1 aromatic rings. The molecule has 0 aliphatic carbocycles. The molecule has 0 fully saturated rings. The lowest BCUT2D eigenvalue weighted by Crippen LogP contribution is -2.37. The molecule has 0 saturated carbocycles. The molecule has 0 saturated heterocycles. The Balaban J connectivity index is 3.14. The Labute approximate surface area is 116 Å². The monoisotopic (exact) mass is 266 g/mol. The van der Waals surface area contributed by atoms with Gasteiger partial charge in [0, 0.05) is 32.1 Å². The van der Waals surface area contributed by atoms with Crippen LogP contribution in [0.5, 0.6) is 0 Å². The van der Waals surface area contributed by atoms with Gasteiger partial charge in [-0.2, -0.15) is 0 Å². The number of anilines is 2. The zero-order valence-electron chi connectivity index (χ0n) is 12.9. The first-order valence-corrected chi connectivity index (χ1v) is 6.83. The summed E-state index contributed by atoms with van der Waals surface area (Å²) in [6.07, 6.45) is 0.794. The Morgan fingerprint density at radius 3 is 2.37 bits per heavy atom. The molecule has 0 spiro atoms. The lowest BCUT2D eigenvalue weighted by Gasteiger charge is -2.28. The van der Waals surface area contributed by atoms with Gasteiger partial charge in [-0.3, -0.25) is 0 Å². The summed E-state index contributed by atoms with van der Waals surface area (Å²) in [5, 5.41) is 13.2. The van der Waals surface area contributed by atoms with Crippen molar-refractivity contribution in [2.75, 3.05) is 30.4 Å². The summed E-state index contributed by atoms with van der Waals surface area (Å²) < 4.78 is 0. The van der Waals surface area contributed by atoms with Gasteiger partial charge in [-0.1, -0.05) is 6.92 Å². The fourth-order valence-corrected chi connectivity index (χ4v) is 2.07. The van der Waals surface area contributed by atoms with Crippen molar-refractivity contribution in [1.82, 2.24) is 9.97 Å². The zero-order chi connectivity index (χ0) is 14.6. The summed E-state index contributed by atoms with van der Waals surface area (Å²) in [5.41, 5.74) is 0.266. The SMILES string of the molecule is CCNc1nc(CC)nc(N(C)CC(C)(C)O)c1C. The number of rotatable bonds is 6. The van der Waals surface area contributed by atoms with Crippen LogP contribution in [-0.2, 0) is 6.42 Å². The summed E-state index contributed by atoms with van der Waals surface area (Å²) in [5.74, 6) is 2.58. The molecule has 0 radical (unpaired) electrons. The number of aryl methyl sites for hydroxylation is 1. The van der Waals surface area contributed by atoms with Gasteiger partial charge >= 0.3 is 0 Å². The molecule has 0 unspecified atom stereocenters. The summed E-state index contributed by atoms with van der Waals surface area (Å²) in [4.78, 5) is 11.1. The molecular weight excluding hydrogens is 240 g/mol. The zero-order valence-corrected chi connectivity index (χ0v) is 12.9. The standard InChI is InChI=1S/C14H26N4O/c1-7-11-16-12(15-8-2)10(3)13(17-11)18(6)9-14(4,5)19/h19H,7-9H2,1-6H3,(H,15,16,17). The first kappa shape index (κ1) is 15.7. The highest BCUT2D eigenvalue weighted by Gasteiger charge is 2.20. The van der Waals surface area contributed by atoms with Crippen molar-refractivity contribution >= 4 is 11.6 Å². The van der Waals surface area contributed by atoms with E-state index in [9.17, 15) is 5.11 Å². The Hall–Kier alpha value is -1.36. The van der Waals surface area contributed by atoms with Gasteiger partial charge in [-0.05, 0) is 27.7 Å². The Bertz CT molecular complexity index is 426. The van der Waals surface area contributed by atoms with Crippen molar-refractivity contribution < 1.29 is 5.11 Å². The van der Waals surface area contributed by atoms with E-state index in [0.717, 1.165) is 36.0 Å². The van der Waals surface area contributed by atoms with Crippen LogP contribution in [0.25, 0.3) is 0 Å². The number of likely N-dealkylation sites (N-methyl/N-ethyl adjacent to an activating group) is 1. The van der Waals surface area contributed by atoms with E-state index in [4.69, 9.17) is 0 Å². The Morgan fingerprint density at radius 1 is 1.26 bits per heavy atom. The number of hydrogen-bond donors (Lipinski definition) is 2. The van der Waals surface area contributed by atoms with Crippen LogP contribution in [0.4, 0.5) is 11.6 Å². The molecule has 0 aliphatic rings. The average molecular weight is 266 g/mol. The van der Waals surface area contributed by atoms with Gasteiger partial charge in [0.05, 0.1) is 5.60 Å². The molecule has 5 nitrogen and oxygen atoms in total. The summed E-state index contributed by atoms with van der Waals surface area (Å²) >= 11 is 0. The summed E-state index contributed by atoms with van der Waals surface area (Å²) in [7, 11) is 1.95. The number of hydrogen-bond acceptors (Lipinski definition) is 5. The molecule has 0 aromatic carbocycles. The summed E-state index contributed by atoms with van der Waals surface area (Å²) in [6.45, 7) is 11.0. The van der Waals surface area contributed by atoms with Crippen molar-refractivity contribution in [2.24, 2.45) is 0 Å². The van der Waals surface area contributed by atoms with Crippen LogP contribution >= 0.6 is 0 Å². The largest absolute Gasteiger partial charge is 0.389 e. The van der Waals surface area contributed by atoms with Crippen LogP contribution < -0.4 is 10.2 Å². The van der Waals surface area contributed by atoms with E-state index in [-0.39, 0.29) is 0 Å². The maximum absolute atomic E-state index is 9.94. The summed E-state index contributed by atoms with van der Waals surface area (Å²) in [6, 6.07) is 0. The lowest BCUT2D eigenvalue weighted by atomic mass is 10.1. The first-order valence-electron chi connectivity index (χ1n) is 6.83. The van der Waals surface area contributed by atoms with Crippen LogP contribution in [0, 0.1) is 6.92 Å². The number of nitrogens with one attached hydrogen (secondary N) is 1. The second-order valence-electron chi connectivity index (χ2n) is 5.49. The van der Waals surface area contributed by atoms with Crippen LogP contribution in [0.2, 0.25) is 0 Å². The molecule has 0 bridgehead atoms. The minimum absolute atomic E-state index is 0.527. The molecule has 0 amide bonds. The Morgan fingerprint density at radius 2 is 1.89 bits per heavy atom. The molecule has 19 heavy (non-hydrogen) atoms. The van der Waals surface area contributed by atoms with Crippen LogP contribution in [0.1, 0.15) is 39.1 Å². The van der Waals surface area contributed by atoms with Crippen molar-refractivity contribution in [2.45, 2.75) is 46.6 Å². The van der Waals surface area contributed by atoms with E-state index < -0.39 is 5.60 Å². The van der Waals surface area contributed by atoms with E-state index in [1.807, 2.05) is 32.7 Å². The van der Waals surface area contributed by atoms with Gasteiger partial charge in [-0.15, -0.1) is 0 Å². The van der Waals surface area contributed by atoms with Crippen molar-refractivity contribution in [1.29, 1.82) is 0 Å². The third kappa shape index (κ3) is 4.35. The molecule has 1 rings (SSSR count). The van der Waals surface area contributed by atoms with Crippen molar-refractivity contribution in [3.63, 3.8) is 0 Å². The maximum atomic E-state index is 9.94. The average Bonchev–Trinajstić information content (AvgIpc) is 2.29. The normalized spacial score (nSPS) is 11.5. The Kier molecular flexibility index (Phi) is 5.11. The third-order valence-corrected chi connectivity index (χ3v) is 2.81. The van der Waals surface area contributed by atoms with Gasteiger partial charge in [0.1, 0.15) is 17.5 Å². The molecule has 108 valence electrons. The second-order valence-corrected chi connectivity index (χ2v) is 5.49. The highest BCUT2D eigenvalue weighted by atomic mass is 16.3. The fourth-order valence-electron chi connectivity index (χ4n) is 2.07. The molecule has 2 N–H and O–H groups in total. The molecule has 5 heteroatoms. The van der Waals surface area contributed by atoms with Crippen LogP contribution in [-0.4, -0.2) is 40.8 Å². The quantitative estimate of drug-likeness (QED) is 0.824. The third-order valence-electron chi connectivity index (χ3n) is 2.81. The van der Waals surface area contributed by atoms with Crippen LogP contribution in [0.15, 0.2) is 0 Å². The van der Waals surface area contributed by atoms with Gasteiger partial charge in [0.2, 0.25) is 0 Å². The smallest absolute Gasteiger partial charge is 0.137 e. The molecule has 1 heterocycles. The number of aliphatic hydroxyl groups is 1. The fraction of sp³-hybridized carbons (Fsp3) is 0.714. The van der Waals surface area contributed by atoms with Gasteiger partial charge in [-0.25, -0.2) is 9.97 Å². The van der Waals surface area contributed by atoms with Crippen molar-refractivity contribution in [3.05, 3.63) is 11.4 Å². The van der Waals surface area contributed by atoms with Gasteiger partial charge in [0.25, 0.3) is 0 Å². The van der Waals surface area contributed by atoms with E-state index in [2.05, 4.69) is 15.3 Å². The van der Waals surface area contributed by atoms with Crippen LogP contribution in [0.3, 0.4) is 0 Å². The number of aromatic nitrogens is 2. The minimum Gasteiger partial charge on any atom is -0.389 e. The predicted molar refractivity (Wildman–Crippen MR) is 79.9 cm³/mol. The maximum Gasteiger partial charge on any atom is 0.137 e. The van der Waals surface area contributed by atoms with Crippen molar-refractivity contribution in [3.8, 4) is 0 Å². The van der Waals surface area contributed by atoms with Gasteiger partial charge < -0.3 is 15.3 Å². The lowest BCUT2D eigenvalue weighted by molar-refractivity contribution is 0.0884. The molecule has 1 aromatic heterocycles. The number of nitrogens with zero attached hydrogens (tertiary/aromatic N) is 3. The predicted octanol–water partition coefficient (Wildman–Crippen LogP) is 1.99. The first-order chi connectivity index (χ1) is 8.78. The van der Waals surface area contributed by atoms with E-state index >= 15 is 0 Å².